The summed E-state index contributed by atoms with van der Waals surface area (Å²) in [6.45, 7) is 2.72. The van der Waals surface area contributed by atoms with Crippen molar-refractivity contribution < 1.29 is 9.90 Å². The van der Waals surface area contributed by atoms with Gasteiger partial charge < -0.3 is 20.0 Å². The third-order valence-corrected chi connectivity index (χ3v) is 2.39. The van der Waals surface area contributed by atoms with Crippen molar-refractivity contribution in [1.29, 1.82) is 0 Å². The fourth-order valence-corrected chi connectivity index (χ4v) is 1.58. The minimum Gasteiger partial charge on any atom is -0.476 e. The van der Waals surface area contributed by atoms with Crippen molar-refractivity contribution in [2.24, 2.45) is 0 Å². The van der Waals surface area contributed by atoms with Crippen LogP contribution in [0.4, 0.5) is 5.82 Å². The highest BCUT2D eigenvalue weighted by molar-refractivity contribution is 5.84. The van der Waals surface area contributed by atoms with E-state index in [1.54, 1.807) is 11.5 Å². The molecule has 0 unspecified atom stereocenters. The van der Waals surface area contributed by atoms with Crippen molar-refractivity contribution >= 4 is 11.8 Å². The van der Waals surface area contributed by atoms with Crippen LogP contribution in [0, 0.1) is 6.92 Å². The van der Waals surface area contributed by atoms with Gasteiger partial charge in [0.15, 0.2) is 5.69 Å². The molecule has 0 bridgehead atoms. The minimum atomic E-state index is -1.06. The number of carboxylic acid groups (broad SMARTS) is 1. The number of aromatic carboxylic acids is 1. The van der Waals surface area contributed by atoms with Gasteiger partial charge in [0.05, 0.1) is 6.33 Å². The maximum Gasteiger partial charge on any atom is 0.356 e. The van der Waals surface area contributed by atoms with E-state index < -0.39 is 5.97 Å². The molecule has 0 fully saturated rings. The summed E-state index contributed by atoms with van der Waals surface area (Å²) in [7, 11) is 0. The van der Waals surface area contributed by atoms with Gasteiger partial charge in [0.1, 0.15) is 11.6 Å². The number of aromatic nitrogens is 4. The van der Waals surface area contributed by atoms with Crippen molar-refractivity contribution in [2.75, 3.05) is 11.9 Å². The van der Waals surface area contributed by atoms with Crippen LogP contribution >= 0.6 is 0 Å². The van der Waals surface area contributed by atoms with Crippen LogP contribution in [0.5, 0.6) is 0 Å². The number of H-pyrrole nitrogens is 1. The van der Waals surface area contributed by atoms with E-state index in [4.69, 9.17) is 5.11 Å². The lowest BCUT2D eigenvalue weighted by atomic mass is 10.5. The topological polar surface area (TPSA) is 113 Å². The Morgan fingerprint density at radius 2 is 2.37 bits per heavy atom. The Labute approximate surface area is 108 Å². The number of nitrogens with one attached hydrogen (secondary N) is 2. The normalized spacial score (nSPS) is 10.4. The van der Waals surface area contributed by atoms with E-state index in [0.717, 1.165) is 0 Å². The molecule has 100 valence electrons. The molecule has 0 aliphatic heterocycles. The van der Waals surface area contributed by atoms with E-state index in [-0.39, 0.29) is 11.3 Å². The number of aromatic amines is 1. The molecule has 8 heteroatoms. The number of aryl methyl sites for hydroxylation is 1. The Bertz CT molecular complexity index is 646. The third kappa shape index (κ3) is 3.41. The SMILES string of the molecule is Cc1nc(NCCn2cnc(C(=O)O)c2)cc(=O)[nH]1. The fraction of sp³-hybridized carbons (Fsp3) is 0.273. The van der Waals surface area contributed by atoms with Gasteiger partial charge in [-0.3, -0.25) is 4.79 Å². The van der Waals surface area contributed by atoms with Gasteiger partial charge >= 0.3 is 5.97 Å². The van der Waals surface area contributed by atoms with Gasteiger partial charge in [0.25, 0.3) is 5.56 Å². The predicted molar refractivity (Wildman–Crippen MR) is 67.3 cm³/mol. The molecule has 0 radical (unpaired) electrons. The summed E-state index contributed by atoms with van der Waals surface area (Å²) in [5, 5.41) is 11.7. The van der Waals surface area contributed by atoms with Gasteiger partial charge in [-0.2, -0.15) is 0 Å². The number of nitrogens with zero attached hydrogens (tertiary/aromatic N) is 3. The lowest BCUT2D eigenvalue weighted by Crippen LogP contribution is -2.15. The van der Waals surface area contributed by atoms with Crippen LogP contribution in [-0.2, 0) is 6.54 Å². The highest BCUT2D eigenvalue weighted by atomic mass is 16.4. The Morgan fingerprint density at radius 3 is 3.00 bits per heavy atom. The third-order valence-electron chi connectivity index (χ3n) is 2.39. The molecular formula is C11H13N5O3. The van der Waals surface area contributed by atoms with Crippen LogP contribution in [0.3, 0.4) is 0 Å². The van der Waals surface area contributed by atoms with Crippen molar-refractivity contribution in [3.8, 4) is 0 Å². The Hall–Kier alpha value is -2.64. The first-order valence-electron chi connectivity index (χ1n) is 5.61. The summed E-state index contributed by atoms with van der Waals surface area (Å²) in [6, 6.07) is 1.36. The molecule has 3 N–H and O–H groups in total. The first kappa shape index (κ1) is 12.8. The zero-order valence-corrected chi connectivity index (χ0v) is 10.3. The first-order chi connectivity index (χ1) is 9.04. The molecular weight excluding hydrogens is 250 g/mol. The second-order valence-corrected chi connectivity index (χ2v) is 3.94. The number of hydrogen-bond donors (Lipinski definition) is 3. The molecule has 0 aromatic carbocycles. The predicted octanol–water partition coefficient (Wildman–Crippen LogP) is 0.0851. The number of carbonyl (C=O) groups is 1. The van der Waals surface area contributed by atoms with E-state index >= 15 is 0 Å². The van der Waals surface area contributed by atoms with Crippen molar-refractivity contribution in [3.63, 3.8) is 0 Å². The van der Waals surface area contributed by atoms with E-state index in [1.165, 1.54) is 18.6 Å². The average molecular weight is 263 g/mol. The van der Waals surface area contributed by atoms with Crippen LogP contribution in [0.1, 0.15) is 16.3 Å². The van der Waals surface area contributed by atoms with Crippen LogP contribution in [0.2, 0.25) is 0 Å². The van der Waals surface area contributed by atoms with Gasteiger partial charge in [-0.15, -0.1) is 0 Å². The first-order valence-corrected chi connectivity index (χ1v) is 5.61. The van der Waals surface area contributed by atoms with Gasteiger partial charge in [0.2, 0.25) is 0 Å². The van der Waals surface area contributed by atoms with Crippen LogP contribution in [0.15, 0.2) is 23.4 Å². The highest BCUT2D eigenvalue weighted by Gasteiger charge is 2.06. The molecule has 0 aliphatic carbocycles. The summed E-state index contributed by atoms with van der Waals surface area (Å²) in [6.07, 6.45) is 2.89. The molecule has 0 spiro atoms. The molecule has 2 aromatic heterocycles. The molecule has 19 heavy (non-hydrogen) atoms. The molecule has 2 aromatic rings. The van der Waals surface area contributed by atoms with E-state index in [1.807, 2.05) is 0 Å². The number of hydrogen-bond acceptors (Lipinski definition) is 5. The van der Waals surface area contributed by atoms with Crippen LogP contribution < -0.4 is 10.9 Å². The number of rotatable bonds is 5. The fourth-order valence-electron chi connectivity index (χ4n) is 1.58. The monoisotopic (exact) mass is 263 g/mol. The van der Waals surface area contributed by atoms with Gasteiger partial charge in [-0.25, -0.2) is 14.8 Å². The number of imidazole rings is 1. The average Bonchev–Trinajstić information content (AvgIpc) is 2.76. The van der Waals surface area contributed by atoms with Crippen molar-refractivity contribution in [2.45, 2.75) is 13.5 Å². The molecule has 2 rings (SSSR count). The van der Waals surface area contributed by atoms with E-state index in [2.05, 4.69) is 20.3 Å². The summed E-state index contributed by atoms with van der Waals surface area (Å²) in [5.74, 6) is -0.0378. The summed E-state index contributed by atoms with van der Waals surface area (Å²) in [4.78, 5) is 32.2. The minimum absolute atomic E-state index is 0.00475. The van der Waals surface area contributed by atoms with E-state index in [0.29, 0.717) is 24.7 Å². The Morgan fingerprint density at radius 1 is 1.58 bits per heavy atom. The quantitative estimate of drug-likeness (QED) is 0.704. The summed E-state index contributed by atoms with van der Waals surface area (Å²) >= 11 is 0. The molecule has 0 atom stereocenters. The Balaban J connectivity index is 1.92. The number of carboxylic acids is 1. The molecule has 8 nitrogen and oxygen atoms in total. The molecule has 0 amide bonds. The maximum atomic E-state index is 11.2. The zero-order chi connectivity index (χ0) is 13.8. The smallest absolute Gasteiger partial charge is 0.356 e. The van der Waals surface area contributed by atoms with Gasteiger partial charge in [0, 0.05) is 25.4 Å². The maximum absolute atomic E-state index is 11.2. The largest absolute Gasteiger partial charge is 0.476 e. The lowest BCUT2D eigenvalue weighted by Gasteiger charge is -2.06. The second kappa shape index (κ2) is 5.34. The molecule has 0 saturated heterocycles. The highest BCUT2D eigenvalue weighted by Crippen LogP contribution is 1.99. The number of anilines is 1. The second-order valence-electron chi connectivity index (χ2n) is 3.94. The zero-order valence-electron chi connectivity index (χ0n) is 10.3. The van der Waals surface area contributed by atoms with Crippen LogP contribution in [0.25, 0.3) is 0 Å². The lowest BCUT2D eigenvalue weighted by molar-refractivity contribution is 0.0691. The van der Waals surface area contributed by atoms with Gasteiger partial charge in [-0.05, 0) is 6.92 Å². The van der Waals surface area contributed by atoms with Gasteiger partial charge in [-0.1, -0.05) is 0 Å². The molecule has 2 heterocycles. The summed E-state index contributed by atoms with van der Waals surface area (Å²) in [5.41, 5.74) is -0.212. The van der Waals surface area contributed by atoms with Crippen LogP contribution in [-0.4, -0.2) is 37.1 Å². The molecule has 0 saturated carbocycles. The van der Waals surface area contributed by atoms with Crippen molar-refractivity contribution in [1.82, 2.24) is 19.5 Å². The Kier molecular flexibility index (Phi) is 3.60. The van der Waals surface area contributed by atoms with E-state index in [9.17, 15) is 9.59 Å². The van der Waals surface area contributed by atoms with Crippen molar-refractivity contribution in [3.05, 3.63) is 40.5 Å². The summed E-state index contributed by atoms with van der Waals surface area (Å²) < 4.78 is 1.65. The molecule has 0 aliphatic rings. The standard InChI is InChI=1S/C11H13N5O3/c1-7-14-9(4-10(17)15-7)12-2-3-16-5-8(11(18)19)13-6-16/h4-6H,2-3H2,1H3,(H,18,19)(H2,12,14,15,17).